The van der Waals surface area contributed by atoms with Crippen LogP contribution in [0, 0.1) is 34.6 Å². The van der Waals surface area contributed by atoms with Gasteiger partial charge < -0.3 is 4.42 Å². The molecule has 1 nitrogen and oxygen atoms in total. The van der Waals surface area contributed by atoms with Gasteiger partial charge >= 0.3 is 0 Å². The molecule has 0 N–H and O–H groups in total. The molecular weight excluding hydrogens is 721 g/mol. The molecule has 0 fully saturated rings. The van der Waals surface area contributed by atoms with Gasteiger partial charge in [0.1, 0.15) is 11.2 Å². The molecule has 0 saturated heterocycles. The zero-order valence-corrected chi connectivity index (χ0v) is 34.7. The number of furan rings is 1. The van der Waals surface area contributed by atoms with Crippen LogP contribution in [0.4, 0.5) is 0 Å². The number of fused-ring (bicyclic) bond motifs is 8. The first kappa shape index (κ1) is 38.5. The van der Waals surface area contributed by atoms with Gasteiger partial charge in [-0.15, -0.1) is 0 Å². The van der Waals surface area contributed by atoms with E-state index in [0.717, 1.165) is 17.6 Å². The molecule has 0 aliphatic carbocycles. The van der Waals surface area contributed by atoms with Crippen LogP contribution < -0.4 is 0 Å². The molecule has 2 heteroatoms. The standard InChI is InChI=1S/C15H12.C14H12S.C14H14.C13H10O/c1-11-6-9-15-13(10-11)8-7-12-4-2-3-5-14(12)15;1-10-6-7-14-12(8-10)9-11-4-2-3-5-13(11)15-14;1-11-3-7-13(8-4-11)14-9-5-12(2)6-10-14;1-9-6-7-11-10-4-2-3-5-12(10)14-13(11)8-9/h2-10H,1H3;2-8H,9H2,1H3;3-10H,1-2H3;2-8H,1H3. The maximum absolute atomic E-state index is 5.73. The Bertz CT molecular complexity index is 2940. The summed E-state index contributed by atoms with van der Waals surface area (Å²) in [5.41, 5.74) is 14.0. The van der Waals surface area contributed by atoms with E-state index >= 15 is 0 Å². The van der Waals surface area contributed by atoms with Crippen molar-refractivity contribution in [1.29, 1.82) is 0 Å². The Morgan fingerprint density at radius 2 is 0.845 bits per heavy atom. The number of aryl methyl sites for hydroxylation is 5. The summed E-state index contributed by atoms with van der Waals surface area (Å²) in [6.07, 6.45) is 1.08. The Morgan fingerprint density at radius 1 is 0.345 bits per heavy atom. The summed E-state index contributed by atoms with van der Waals surface area (Å²) in [7, 11) is 0. The first-order valence-corrected chi connectivity index (χ1v) is 20.8. The smallest absolute Gasteiger partial charge is 0.135 e. The van der Waals surface area contributed by atoms with E-state index in [2.05, 4.69) is 204 Å². The van der Waals surface area contributed by atoms with E-state index in [1.54, 1.807) is 0 Å². The molecular formula is C56H48OS. The van der Waals surface area contributed by atoms with Crippen molar-refractivity contribution in [3.05, 3.63) is 227 Å². The lowest BCUT2D eigenvalue weighted by molar-refractivity contribution is 0.668. The number of rotatable bonds is 1. The summed E-state index contributed by atoms with van der Waals surface area (Å²) < 4.78 is 5.73. The molecule has 0 bridgehead atoms. The Kier molecular flexibility index (Phi) is 11.6. The third-order valence-electron chi connectivity index (χ3n) is 10.7. The minimum absolute atomic E-state index is 0.966. The third kappa shape index (κ3) is 8.94. The second kappa shape index (κ2) is 17.4. The molecule has 0 unspecified atom stereocenters. The van der Waals surface area contributed by atoms with Crippen molar-refractivity contribution in [2.75, 3.05) is 0 Å². The highest BCUT2D eigenvalue weighted by Gasteiger charge is 2.15. The van der Waals surface area contributed by atoms with Gasteiger partial charge in [0.25, 0.3) is 0 Å². The Labute approximate surface area is 347 Å². The van der Waals surface area contributed by atoms with Crippen LogP contribution in [-0.2, 0) is 6.42 Å². The van der Waals surface area contributed by atoms with Crippen LogP contribution in [0.15, 0.2) is 202 Å². The lowest BCUT2D eigenvalue weighted by Crippen LogP contribution is -1.99. The number of benzene rings is 9. The van der Waals surface area contributed by atoms with E-state index in [4.69, 9.17) is 4.42 Å². The quantitative estimate of drug-likeness (QED) is 0.154. The molecule has 0 saturated carbocycles. The Balaban J connectivity index is 0.000000108. The van der Waals surface area contributed by atoms with Crippen LogP contribution >= 0.6 is 11.8 Å². The second-order valence-corrected chi connectivity index (χ2v) is 16.4. The predicted molar refractivity (Wildman–Crippen MR) is 251 cm³/mol. The van der Waals surface area contributed by atoms with Gasteiger partial charge in [-0.05, 0) is 115 Å². The number of para-hydroxylation sites is 1. The fraction of sp³-hybridized carbons (Fsp3) is 0.107. The molecule has 11 rings (SSSR count). The molecule has 284 valence electrons. The maximum atomic E-state index is 5.73. The van der Waals surface area contributed by atoms with Crippen LogP contribution in [0.1, 0.15) is 38.9 Å². The molecule has 2 heterocycles. The normalized spacial score (nSPS) is 11.4. The van der Waals surface area contributed by atoms with Crippen LogP contribution in [-0.4, -0.2) is 0 Å². The van der Waals surface area contributed by atoms with Crippen LogP contribution in [0.2, 0.25) is 0 Å². The molecule has 9 aromatic carbocycles. The summed E-state index contributed by atoms with van der Waals surface area (Å²) >= 11 is 1.89. The highest BCUT2D eigenvalue weighted by atomic mass is 32.2. The van der Waals surface area contributed by atoms with Crippen molar-refractivity contribution < 1.29 is 4.42 Å². The summed E-state index contributed by atoms with van der Waals surface area (Å²) in [6.45, 7) is 10.6. The zero-order valence-electron chi connectivity index (χ0n) is 33.9. The number of hydrogen-bond acceptors (Lipinski definition) is 2. The van der Waals surface area contributed by atoms with Gasteiger partial charge in [0.2, 0.25) is 0 Å². The fourth-order valence-electron chi connectivity index (χ4n) is 7.48. The van der Waals surface area contributed by atoms with Crippen molar-refractivity contribution >= 4 is 55.2 Å². The highest BCUT2D eigenvalue weighted by Crippen LogP contribution is 2.39. The summed E-state index contributed by atoms with van der Waals surface area (Å²) in [4.78, 5) is 2.83. The van der Waals surface area contributed by atoms with Crippen molar-refractivity contribution in [2.24, 2.45) is 0 Å². The van der Waals surface area contributed by atoms with E-state index in [1.807, 2.05) is 30.0 Å². The van der Waals surface area contributed by atoms with Gasteiger partial charge in [0, 0.05) is 20.6 Å². The van der Waals surface area contributed by atoms with Crippen molar-refractivity contribution in [3.8, 4) is 11.1 Å². The number of hydrogen-bond donors (Lipinski definition) is 0. The monoisotopic (exact) mass is 768 g/mol. The van der Waals surface area contributed by atoms with Gasteiger partial charge in [-0.25, -0.2) is 0 Å². The fourth-order valence-corrected chi connectivity index (χ4v) is 8.53. The first-order valence-electron chi connectivity index (χ1n) is 20.0. The van der Waals surface area contributed by atoms with Crippen molar-refractivity contribution in [3.63, 3.8) is 0 Å². The van der Waals surface area contributed by atoms with Crippen molar-refractivity contribution in [1.82, 2.24) is 0 Å². The molecule has 0 spiro atoms. The highest BCUT2D eigenvalue weighted by molar-refractivity contribution is 7.99. The van der Waals surface area contributed by atoms with Gasteiger partial charge in [-0.1, -0.05) is 198 Å². The molecule has 0 amide bonds. The van der Waals surface area contributed by atoms with Gasteiger partial charge in [-0.2, -0.15) is 0 Å². The summed E-state index contributed by atoms with van der Waals surface area (Å²) in [5.74, 6) is 0. The second-order valence-electron chi connectivity index (χ2n) is 15.3. The van der Waals surface area contributed by atoms with E-state index in [-0.39, 0.29) is 0 Å². The topological polar surface area (TPSA) is 13.1 Å². The van der Waals surface area contributed by atoms with E-state index in [0.29, 0.717) is 0 Å². The SMILES string of the molecule is Cc1ccc(-c2ccc(C)cc2)cc1.Cc1ccc2c(c1)Cc1ccccc1S2.Cc1ccc2c(c1)oc1ccccc12.Cc1ccc2c(ccc3ccccc32)c1. The molecule has 10 aromatic rings. The average molecular weight is 769 g/mol. The molecule has 0 atom stereocenters. The lowest BCUT2D eigenvalue weighted by atomic mass is 10.0. The van der Waals surface area contributed by atoms with Crippen LogP contribution in [0.5, 0.6) is 0 Å². The van der Waals surface area contributed by atoms with Crippen molar-refractivity contribution in [2.45, 2.75) is 50.8 Å². The largest absolute Gasteiger partial charge is 0.456 e. The van der Waals surface area contributed by atoms with Gasteiger partial charge in [-0.3, -0.25) is 0 Å². The van der Waals surface area contributed by atoms with E-state index in [1.165, 1.54) is 92.2 Å². The molecule has 1 aliphatic rings. The van der Waals surface area contributed by atoms with Gasteiger partial charge in [0.15, 0.2) is 0 Å². The molecule has 1 aromatic heterocycles. The molecule has 1 aliphatic heterocycles. The van der Waals surface area contributed by atoms with Crippen LogP contribution in [0.25, 0.3) is 54.6 Å². The predicted octanol–water partition coefficient (Wildman–Crippen LogP) is 16.2. The lowest BCUT2D eigenvalue weighted by Gasteiger charge is -2.18. The minimum Gasteiger partial charge on any atom is -0.456 e. The maximum Gasteiger partial charge on any atom is 0.135 e. The zero-order chi connectivity index (χ0) is 40.0. The van der Waals surface area contributed by atoms with E-state index in [9.17, 15) is 0 Å². The summed E-state index contributed by atoms with van der Waals surface area (Å²) in [5, 5.41) is 7.73. The van der Waals surface area contributed by atoms with Crippen LogP contribution in [0.3, 0.4) is 0 Å². The molecule has 0 radical (unpaired) electrons. The minimum atomic E-state index is 0.966. The summed E-state index contributed by atoms with van der Waals surface area (Å²) in [6, 6.07) is 66.7. The van der Waals surface area contributed by atoms with E-state index < -0.39 is 0 Å². The average Bonchev–Trinajstić information content (AvgIpc) is 3.62. The first-order chi connectivity index (χ1) is 28.3. The molecule has 58 heavy (non-hydrogen) atoms. The Hall–Kier alpha value is -6.35. The van der Waals surface area contributed by atoms with Gasteiger partial charge in [0.05, 0.1) is 0 Å². The third-order valence-corrected chi connectivity index (χ3v) is 11.9. The Morgan fingerprint density at radius 3 is 1.59 bits per heavy atom.